The maximum absolute atomic E-state index is 5.74. The smallest absolute Gasteiger partial charge is 0.00887 e. The molecule has 1 rings (SSSR count). The topological polar surface area (TPSA) is 38.0 Å². The van der Waals surface area contributed by atoms with Crippen molar-refractivity contribution in [2.75, 3.05) is 13.1 Å². The molecule has 0 bridgehead atoms. The van der Waals surface area contributed by atoms with Crippen LogP contribution in [0.3, 0.4) is 0 Å². The van der Waals surface area contributed by atoms with Gasteiger partial charge >= 0.3 is 0 Å². The molecule has 0 spiro atoms. The third-order valence-corrected chi connectivity index (χ3v) is 1.85. The second-order valence-electron chi connectivity index (χ2n) is 2.63. The minimum atomic E-state index is 0. The third-order valence-electron chi connectivity index (χ3n) is 1.85. The van der Waals surface area contributed by atoms with Crippen LogP contribution in [0.4, 0.5) is 0 Å². The Morgan fingerprint density at radius 2 is 2.00 bits per heavy atom. The van der Waals surface area contributed by atoms with Gasteiger partial charge in [0.2, 0.25) is 0 Å². The molecule has 64 valence electrons. The minimum absolute atomic E-state index is 0. The molecule has 0 saturated carbocycles. The molecule has 2 atom stereocenters. The molecule has 0 aliphatic carbocycles. The van der Waals surface area contributed by atoms with Crippen LogP contribution in [0, 0.1) is 5.92 Å². The lowest BCUT2D eigenvalue weighted by Crippen LogP contribution is -2.43. The molecule has 1 aliphatic rings. The first-order valence-corrected chi connectivity index (χ1v) is 3.27. The highest BCUT2D eigenvalue weighted by Gasteiger charge is 2.15. The highest BCUT2D eigenvalue weighted by molar-refractivity contribution is 5.85. The molecule has 0 radical (unpaired) electrons. The number of nitrogens with two attached hydrogens (primary N) is 1. The predicted molar refractivity (Wildman–Crippen MR) is 49.1 cm³/mol. The van der Waals surface area contributed by atoms with Crippen LogP contribution in [0.2, 0.25) is 0 Å². The fraction of sp³-hybridized carbons (Fsp3) is 1.00. The average Bonchev–Trinajstić information content (AvgIpc) is 1.77. The molecular formula is C6H16Cl2N2. The van der Waals surface area contributed by atoms with Crippen molar-refractivity contribution in [1.82, 2.24) is 5.32 Å². The van der Waals surface area contributed by atoms with Crippen LogP contribution >= 0.6 is 24.8 Å². The summed E-state index contributed by atoms with van der Waals surface area (Å²) >= 11 is 0. The average molecular weight is 187 g/mol. The number of rotatable bonds is 0. The first kappa shape index (κ1) is 13.1. The van der Waals surface area contributed by atoms with Crippen LogP contribution in [0.25, 0.3) is 0 Å². The van der Waals surface area contributed by atoms with Crippen LogP contribution in [-0.2, 0) is 0 Å². The SMILES string of the molecule is CC1CNCCC1N.Cl.Cl. The summed E-state index contributed by atoms with van der Waals surface area (Å²) in [7, 11) is 0. The third kappa shape index (κ3) is 3.62. The second-order valence-corrected chi connectivity index (χ2v) is 2.63. The summed E-state index contributed by atoms with van der Waals surface area (Å²) in [5, 5.41) is 3.28. The molecule has 10 heavy (non-hydrogen) atoms. The van der Waals surface area contributed by atoms with Gasteiger partial charge < -0.3 is 11.1 Å². The van der Waals surface area contributed by atoms with Gasteiger partial charge in [-0.1, -0.05) is 6.92 Å². The van der Waals surface area contributed by atoms with Crippen LogP contribution < -0.4 is 11.1 Å². The monoisotopic (exact) mass is 186 g/mol. The molecule has 0 aromatic carbocycles. The van der Waals surface area contributed by atoms with Crippen LogP contribution in [0.15, 0.2) is 0 Å². The molecule has 2 unspecified atom stereocenters. The van der Waals surface area contributed by atoms with Gasteiger partial charge in [0.25, 0.3) is 0 Å². The molecule has 0 amide bonds. The summed E-state index contributed by atoms with van der Waals surface area (Å²) in [6, 6.07) is 0.441. The Bertz CT molecular complexity index is 70.1. The van der Waals surface area contributed by atoms with E-state index in [1.165, 1.54) is 0 Å². The van der Waals surface area contributed by atoms with Crippen molar-refractivity contribution in [3.8, 4) is 0 Å². The molecule has 1 fully saturated rings. The number of piperidine rings is 1. The molecule has 1 heterocycles. The van der Waals surface area contributed by atoms with E-state index in [4.69, 9.17) is 5.73 Å². The van der Waals surface area contributed by atoms with E-state index in [1.807, 2.05) is 0 Å². The molecule has 2 nitrogen and oxygen atoms in total. The minimum Gasteiger partial charge on any atom is -0.327 e. The second kappa shape index (κ2) is 6.23. The zero-order chi connectivity index (χ0) is 5.98. The Morgan fingerprint density at radius 3 is 2.30 bits per heavy atom. The van der Waals surface area contributed by atoms with Crippen molar-refractivity contribution < 1.29 is 0 Å². The summed E-state index contributed by atoms with van der Waals surface area (Å²) in [6.45, 7) is 4.39. The summed E-state index contributed by atoms with van der Waals surface area (Å²) in [4.78, 5) is 0. The quantitative estimate of drug-likeness (QED) is 0.588. The standard InChI is InChI=1S/C6H14N2.2ClH/c1-5-4-8-3-2-6(5)7;;/h5-6,8H,2-4,7H2,1H3;2*1H. The maximum atomic E-state index is 5.74. The van der Waals surface area contributed by atoms with E-state index in [1.54, 1.807) is 0 Å². The van der Waals surface area contributed by atoms with E-state index in [2.05, 4.69) is 12.2 Å². The van der Waals surface area contributed by atoms with E-state index in [0.29, 0.717) is 12.0 Å². The first-order chi connectivity index (χ1) is 3.80. The summed E-state index contributed by atoms with van der Waals surface area (Å²) < 4.78 is 0. The highest BCUT2D eigenvalue weighted by Crippen LogP contribution is 2.06. The van der Waals surface area contributed by atoms with Gasteiger partial charge in [-0.2, -0.15) is 0 Å². The summed E-state index contributed by atoms with van der Waals surface area (Å²) in [5.74, 6) is 0.670. The van der Waals surface area contributed by atoms with Crippen molar-refractivity contribution in [1.29, 1.82) is 0 Å². The van der Waals surface area contributed by atoms with Crippen molar-refractivity contribution >= 4 is 24.8 Å². The fourth-order valence-electron chi connectivity index (χ4n) is 1.03. The van der Waals surface area contributed by atoms with E-state index >= 15 is 0 Å². The molecule has 1 saturated heterocycles. The Morgan fingerprint density at radius 1 is 1.40 bits per heavy atom. The lowest BCUT2D eigenvalue weighted by atomic mass is 9.97. The zero-order valence-electron chi connectivity index (χ0n) is 6.17. The normalized spacial score (nSPS) is 31.8. The fourth-order valence-corrected chi connectivity index (χ4v) is 1.03. The molecule has 4 heteroatoms. The van der Waals surface area contributed by atoms with Gasteiger partial charge in [-0.05, 0) is 25.4 Å². The van der Waals surface area contributed by atoms with Crippen LogP contribution in [-0.4, -0.2) is 19.1 Å². The highest BCUT2D eigenvalue weighted by atomic mass is 35.5. The van der Waals surface area contributed by atoms with Crippen LogP contribution in [0.1, 0.15) is 13.3 Å². The number of hydrogen-bond acceptors (Lipinski definition) is 2. The summed E-state index contributed by atoms with van der Waals surface area (Å²) in [6.07, 6.45) is 1.14. The van der Waals surface area contributed by atoms with Crippen LogP contribution in [0.5, 0.6) is 0 Å². The van der Waals surface area contributed by atoms with E-state index in [0.717, 1.165) is 19.5 Å². The Kier molecular flexibility index (Phi) is 8.17. The van der Waals surface area contributed by atoms with Gasteiger partial charge in [0.05, 0.1) is 0 Å². The predicted octanol–water partition coefficient (Wildman–Crippen LogP) is 0.787. The van der Waals surface area contributed by atoms with Crippen molar-refractivity contribution in [3.63, 3.8) is 0 Å². The van der Waals surface area contributed by atoms with E-state index < -0.39 is 0 Å². The molecule has 0 aromatic rings. The maximum Gasteiger partial charge on any atom is 0.00887 e. The van der Waals surface area contributed by atoms with Gasteiger partial charge in [0, 0.05) is 6.04 Å². The Balaban J connectivity index is 0. The van der Waals surface area contributed by atoms with Gasteiger partial charge in [-0.15, -0.1) is 24.8 Å². The van der Waals surface area contributed by atoms with Gasteiger partial charge in [-0.3, -0.25) is 0 Å². The summed E-state index contributed by atoms with van der Waals surface area (Å²) in [5.41, 5.74) is 5.74. The first-order valence-electron chi connectivity index (χ1n) is 3.27. The van der Waals surface area contributed by atoms with Gasteiger partial charge in [-0.25, -0.2) is 0 Å². The van der Waals surface area contributed by atoms with Crippen molar-refractivity contribution in [2.24, 2.45) is 11.7 Å². The zero-order valence-corrected chi connectivity index (χ0v) is 7.80. The Hall–Kier alpha value is 0.500. The lowest BCUT2D eigenvalue weighted by molar-refractivity contribution is 0.349. The Labute approximate surface area is 74.8 Å². The van der Waals surface area contributed by atoms with E-state index in [-0.39, 0.29) is 24.8 Å². The number of nitrogens with one attached hydrogen (secondary N) is 1. The molecule has 1 aliphatic heterocycles. The molecule has 0 aromatic heterocycles. The van der Waals surface area contributed by atoms with Gasteiger partial charge in [0.1, 0.15) is 0 Å². The molecular weight excluding hydrogens is 171 g/mol. The molecule has 3 N–H and O–H groups in total. The number of hydrogen-bond donors (Lipinski definition) is 2. The number of halogens is 2. The largest absolute Gasteiger partial charge is 0.327 e. The van der Waals surface area contributed by atoms with E-state index in [9.17, 15) is 0 Å². The van der Waals surface area contributed by atoms with Crippen molar-refractivity contribution in [2.45, 2.75) is 19.4 Å². The lowest BCUT2D eigenvalue weighted by Gasteiger charge is -2.25. The van der Waals surface area contributed by atoms with Gasteiger partial charge in [0.15, 0.2) is 0 Å². The van der Waals surface area contributed by atoms with Crippen molar-refractivity contribution in [3.05, 3.63) is 0 Å².